The zero-order chi connectivity index (χ0) is 21.1. The molecule has 1 amide bonds. The third-order valence-electron chi connectivity index (χ3n) is 5.44. The minimum atomic E-state index is -0.492. The molecule has 0 radical (unpaired) electrons. The van der Waals surface area contributed by atoms with Gasteiger partial charge in [-0.2, -0.15) is 0 Å². The molecule has 0 N–H and O–H groups in total. The van der Waals surface area contributed by atoms with E-state index in [4.69, 9.17) is 4.74 Å². The van der Waals surface area contributed by atoms with Crippen molar-refractivity contribution in [3.05, 3.63) is 40.3 Å². The van der Waals surface area contributed by atoms with Crippen molar-refractivity contribution in [1.29, 1.82) is 0 Å². The minimum Gasteiger partial charge on any atom is -0.444 e. The maximum atomic E-state index is 13.3. The van der Waals surface area contributed by atoms with Gasteiger partial charge in [0.15, 0.2) is 0 Å². The first-order valence-electron chi connectivity index (χ1n) is 10.4. The van der Waals surface area contributed by atoms with Crippen LogP contribution in [0.1, 0.15) is 78.0 Å². The molecule has 0 bridgehead atoms. The molecular weight excluding hydrogens is 352 g/mol. The van der Waals surface area contributed by atoms with Crippen molar-refractivity contribution in [2.24, 2.45) is 5.92 Å². The molecule has 0 spiro atoms. The average molecular weight is 389 g/mol. The van der Waals surface area contributed by atoms with Gasteiger partial charge in [-0.1, -0.05) is 32.4 Å². The molecule has 0 aromatic carbocycles. The first kappa shape index (κ1) is 22.3. The molecule has 156 valence electrons. The van der Waals surface area contributed by atoms with Crippen LogP contribution in [0.25, 0.3) is 5.57 Å². The van der Waals surface area contributed by atoms with Gasteiger partial charge in [-0.05, 0) is 64.5 Å². The Balaban J connectivity index is 2.19. The van der Waals surface area contributed by atoms with E-state index in [0.29, 0.717) is 19.0 Å². The largest absolute Gasteiger partial charge is 0.444 e. The highest BCUT2D eigenvalue weighted by molar-refractivity contribution is 5.68. The van der Waals surface area contributed by atoms with E-state index in [2.05, 4.69) is 20.4 Å². The Morgan fingerprint density at radius 3 is 2.43 bits per heavy atom. The highest BCUT2D eigenvalue weighted by atomic mass is 16.6. The molecule has 1 unspecified atom stereocenters. The summed E-state index contributed by atoms with van der Waals surface area (Å²) in [6.07, 6.45) is 4.96. The van der Waals surface area contributed by atoms with Crippen LogP contribution in [-0.2, 0) is 11.2 Å². The number of likely N-dealkylation sites (tertiary alicyclic amines) is 1. The van der Waals surface area contributed by atoms with Crippen LogP contribution in [0.2, 0.25) is 0 Å². The molecule has 1 fully saturated rings. The number of ether oxygens (including phenoxy) is 1. The van der Waals surface area contributed by atoms with Gasteiger partial charge in [-0.25, -0.2) is 4.79 Å². The quantitative estimate of drug-likeness (QED) is 0.710. The summed E-state index contributed by atoms with van der Waals surface area (Å²) in [5, 5.41) is 0. The molecule has 1 aromatic heterocycles. The maximum absolute atomic E-state index is 13.3. The second-order valence-electron chi connectivity index (χ2n) is 9.12. The molecule has 2 rings (SSSR count). The second-order valence-corrected chi connectivity index (χ2v) is 9.12. The predicted octanol–water partition coefficient (Wildman–Crippen LogP) is 5.04. The van der Waals surface area contributed by atoms with Crippen LogP contribution >= 0.6 is 0 Å². The molecule has 1 aliphatic rings. The number of nitrogens with zero attached hydrogens (tertiary/aromatic N) is 2. The van der Waals surface area contributed by atoms with Gasteiger partial charge in [0.25, 0.3) is 5.56 Å². The Kier molecular flexibility index (Phi) is 7.13. The van der Waals surface area contributed by atoms with Crippen LogP contribution in [0.5, 0.6) is 0 Å². The summed E-state index contributed by atoms with van der Waals surface area (Å²) in [4.78, 5) is 27.3. The van der Waals surface area contributed by atoms with E-state index < -0.39 is 5.60 Å². The predicted molar refractivity (Wildman–Crippen MR) is 115 cm³/mol. The van der Waals surface area contributed by atoms with Crippen LogP contribution in [-0.4, -0.2) is 34.3 Å². The molecule has 28 heavy (non-hydrogen) atoms. The summed E-state index contributed by atoms with van der Waals surface area (Å²) >= 11 is 0. The van der Waals surface area contributed by atoms with Crippen molar-refractivity contribution in [3.63, 3.8) is 0 Å². The highest BCUT2D eigenvalue weighted by Gasteiger charge is 2.28. The summed E-state index contributed by atoms with van der Waals surface area (Å²) < 4.78 is 7.34. The van der Waals surface area contributed by atoms with Crippen LogP contribution in [0.15, 0.2) is 23.6 Å². The van der Waals surface area contributed by atoms with Crippen molar-refractivity contribution < 1.29 is 9.53 Å². The standard InChI is InChI=1S/C23H36N2O3/c1-8-17(4)15-20-19(16(2)3)11-14-25(21(20)26)18-9-12-24(13-10-18)22(27)28-23(5,6)7/h11,14,17-18H,2,8-10,12-13,15H2,1,3-7H3. The number of rotatable bonds is 5. The van der Waals surface area contributed by atoms with E-state index in [1.807, 2.05) is 44.5 Å². The van der Waals surface area contributed by atoms with Crippen LogP contribution in [0.4, 0.5) is 4.79 Å². The lowest BCUT2D eigenvalue weighted by molar-refractivity contribution is 0.0187. The van der Waals surface area contributed by atoms with Gasteiger partial charge in [0.1, 0.15) is 5.60 Å². The third kappa shape index (κ3) is 5.49. The summed E-state index contributed by atoms with van der Waals surface area (Å²) in [5.74, 6) is 0.454. The smallest absolute Gasteiger partial charge is 0.410 e. The number of pyridine rings is 1. The molecule has 5 heteroatoms. The van der Waals surface area contributed by atoms with Crippen molar-refractivity contribution in [3.8, 4) is 0 Å². The Hall–Kier alpha value is -2.04. The summed E-state index contributed by atoms with van der Waals surface area (Å²) in [5.41, 5.74) is 2.39. The molecule has 1 saturated heterocycles. The molecule has 0 saturated carbocycles. The van der Waals surface area contributed by atoms with Gasteiger partial charge >= 0.3 is 6.09 Å². The van der Waals surface area contributed by atoms with E-state index >= 15 is 0 Å². The average Bonchev–Trinajstić information content (AvgIpc) is 2.61. The minimum absolute atomic E-state index is 0.0940. The lowest BCUT2D eigenvalue weighted by Crippen LogP contribution is -2.43. The lowest BCUT2D eigenvalue weighted by Gasteiger charge is -2.34. The Morgan fingerprint density at radius 1 is 1.32 bits per heavy atom. The van der Waals surface area contributed by atoms with Crippen molar-refractivity contribution in [1.82, 2.24) is 9.47 Å². The molecule has 2 heterocycles. The molecule has 0 aliphatic carbocycles. The number of carbonyl (C=O) groups is 1. The Morgan fingerprint density at radius 2 is 1.93 bits per heavy atom. The van der Waals surface area contributed by atoms with E-state index in [0.717, 1.165) is 42.4 Å². The van der Waals surface area contributed by atoms with Gasteiger partial charge < -0.3 is 14.2 Å². The monoisotopic (exact) mass is 388 g/mol. The molecule has 5 nitrogen and oxygen atoms in total. The van der Waals surface area contributed by atoms with Crippen LogP contribution < -0.4 is 5.56 Å². The normalized spacial score (nSPS) is 16.7. The summed E-state index contributed by atoms with van der Waals surface area (Å²) in [6, 6.07) is 2.14. The van der Waals surface area contributed by atoms with Gasteiger partial charge in [0.2, 0.25) is 0 Å². The fourth-order valence-corrected chi connectivity index (χ4v) is 3.62. The topological polar surface area (TPSA) is 51.5 Å². The molecule has 1 atom stereocenters. The first-order chi connectivity index (χ1) is 13.0. The third-order valence-corrected chi connectivity index (χ3v) is 5.44. The number of hydrogen-bond acceptors (Lipinski definition) is 3. The molecule has 1 aliphatic heterocycles. The SMILES string of the molecule is C=C(C)c1ccn(C2CCN(C(=O)OC(C)(C)C)CC2)c(=O)c1CC(C)CC. The van der Waals surface area contributed by atoms with Gasteiger partial charge in [-0.3, -0.25) is 4.79 Å². The zero-order valence-corrected chi connectivity index (χ0v) is 18.4. The molecule has 1 aromatic rings. The summed E-state index contributed by atoms with van der Waals surface area (Å²) in [7, 11) is 0. The zero-order valence-electron chi connectivity index (χ0n) is 18.4. The van der Waals surface area contributed by atoms with E-state index in [1.54, 1.807) is 4.90 Å². The Bertz CT molecular complexity index is 765. The van der Waals surface area contributed by atoms with Crippen LogP contribution in [0.3, 0.4) is 0 Å². The van der Waals surface area contributed by atoms with E-state index in [-0.39, 0.29) is 17.7 Å². The fraction of sp³-hybridized carbons (Fsp3) is 0.652. The Labute approximate surface area is 169 Å². The van der Waals surface area contributed by atoms with Gasteiger partial charge in [0, 0.05) is 30.9 Å². The number of aromatic nitrogens is 1. The van der Waals surface area contributed by atoms with Crippen molar-refractivity contribution in [2.45, 2.75) is 78.9 Å². The summed E-state index contributed by atoms with van der Waals surface area (Å²) in [6.45, 7) is 17.2. The van der Waals surface area contributed by atoms with Crippen molar-refractivity contribution >= 4 is 11.7 Å². The molecular formula is C23H36N2O3. The number of carbonyl (C=O) groups excluding carboxylic acids is 1. The fourth-order valence-electron chi connectivity index (χ4n) is 3.62. The van der Waals surface area contributed by atoms with Crippen LogP contribution in [0, 0.1) is 5.92 Å². The lowest BCUT2D eigenvalue weighted by atomic mass is 9.93. The highest BCUT2D eigenvalue weighted by Crippen LogP contribution is 2.25. The number of amides is 1. The number of hydrogen-bond donors (Lipinski definition) is 0. The maximum Gasteiger partial charge on any atom is 0.410 e. The number of piperidine rings is 1. The first-order valence-corrected chi connectivity index (χ1v) is 10.4. The van der Waals surface area contributed by atoms with Gasteiger partial charge in [0.05, 0.1) is 0 Å². The second kappa shape index (κ2) is 8.97. The number of allylic oxidation sites excluding steroid dienone is 1. The van der Waals surface area contributed by atoms with E-state index in [1.165, 1.54) is 0 Å². The van der Waals surface area contributed by atoms with E-state index in [9.17, 15) is 9.59 Å². The van der Waals surface area contributed by atoms with Crippen molar-refractivity contribution in [2.75, 3.05) is 13.1 Å². The van der Waals surface area contributed by atoms with Gasteiger partial charge in [-0.15, -0.1) is 0 Å².